The van der Waals surface area contributed by atoms with E-state index >= 15 is 0 Å². The average Bonchev–Trinajstić information content (AvgIpc) is 2.43. The number of nitrogens with zero attached hydrogens (tertiary/aromatic N) is 1. The third kappa shape index (κ3) is 4.82. The van der Waals surface area contributed by atoms with E-state index in [0.717, 1.165) is 0 Å². The molecule has 0 aromatic heterocycles. The molecule has 0 atom stereocenters. The van der Waals surface area contributed by atoms with Crippen LogP contribution in [-0.4, -0.2) is 30.3 Å². The fraction of sp³-hybridized carbons (Fsp3) is 0.214. The number of rotatable bonds is 6. The lowest BCUT2D eigenvalue weighted by Gasteiger charge is -2.05. The molecular formula is C14H13NO5. The number of aliphatic carboxylic acids is 1. The van der Waals surface area contributed by atoms with E-state index in [4.69, 9.17) is 19.8 Å². The van der Waals surface area contributed by atoms with Crippen LogP contribution in [0.4, 0.5) is 0 Å². The number of carbonyl (C=O) groups is 2. The van der Waals surface area contributed by atoms with Gasteiger partial charge < -0.3 is 14.6 Å². The van der Waals surface area contributed by atoms with Crippen molar-refractivity contribution < 1.29 is 24.2 Å². The van der Waals surface area contributed by atoms with E-state index in [1.807, 2.05) is 0 Å². The molecule has 1 N–H and O–H groups in total. The lowest BCUT2D eigenvalue weighted by atomic mass is 10.1. The van der Waals surface area contributed by atoms with Crippen LogP contribution in [0.2, 0.25) is 0 Å². The molecule has 20 heavy (non-hydrogen) atoms. The van der Waals surface area contributed by atoms with E-state index in [1.165, 1.54) is 6.08 Å². The monoisotopic (exact) mass is 275 g/mol. The van der Waals surface area contributed by atoms with Crippen LogP contribution in [0.1, 0.15) is 12.5 Å². The van der Waals surface area contributed by atoms with E-state index in [0.29, 0.717) is 11.3 Å². The van der Waals surface area contributed by atoms with Gasteiger partial charge in [-0.15, -0.1) is 0 Å². The second kappa shape index (κ2) is 7.59. The molecule has 0 radical (unpaired) electrons. The molecule has 0 unspecified atom stereocenters. The molecule has 0 saturated heterocycles. The molecule has 0 saturated carbocycles. The highest BCUT2D eigenvalue weighted by Crippen LogP contribution is 2.14. The number of carboxylic acids is 1. The zero-order valence-electron chi connectivity index (χ0n) is 10.8. The van der Waals surface area contributed by atoms with Gasteiger partial charge >= 0.3 is 11.9 Å². The van der Waals surface area contributed by atoms with Crippen LogP contribution in [0, 0.1) is 11.3 Å². The number of carboxylic acid groups (broad SMARTS) is 1. The molecule has 0 fully saturated rings. The Balaban J connectivity index is 2.68. The number of carbonyl (C=O) groups excluding carboxylic acids is 1. The zero-order chi connectivity index (χ0) is 15.0. The number of hydrogen-bond acceptors (Lipinski definition) is 5. The normalized spacial score (nSPS) is 10.5. The van der Waals surface area contributed by atoms with E-state index in [1.54, 1.807) is 37.3 Å². The van der Waals surface area contributed by atoms with E-state index in [-0.39, 0.29) is 18.8 Å². The van der Waals surface area contributed by atoms with Crippen molar-refractivity contribution in [1.82, 2.24) is 0 Å². The Morgan fingerprint density at radius 3 is 2.50 bits per heavy atom. The second-order valence-corrected chi connectivity index (χ2v) is 3.64. The summed E-state index contributed by atoms with van der Waals surface area (Å²) in [5.74, 6) is -1.30. The highest BCUT2D eigenvalue weighted by Gasteiger charge is 2.06. The summed E-state index contributed by atoms with van der Waals surface area (Å²) in [5, 5.41) is 17.4. The van der Waals surface area contributed by atoms with Gasteiger partial charge in [-0.1, -0.05) is 12.1 Å². The minimum atomic E-state index is -1.28. The molecule has 0 heterocycles. The summed E-state index contributed by atoms with van der Waals surface area (Å²) in [6, 6.07) is 7.90. The smallest absolute Gasteiger partial charge is 0.346 e. The third-order valence-corrected chi connectivity index (χ3v) is 2.20. The summed E-state index contributed by atoms with van der Waals surface area (Å²) in [5.41, 5.74) is 0.192. The molecule has 1 aromatic rings. The molecule has 0 spiro atoms. The van der Waals surface area contributed by atoms with Gasteiger partial charge in [-0.3, -0.25) is 0 Å². The summed E-state index contributed by atoms with van der Waals surface area (Å²) in [6.07, 6.45) is 1.25. The summed E-state index contributed by atoms with van der Waals surface area (Å²) < 4.78 is 9.88. The van der Waals surface area contributed by atoms with Crippen molar-refractivity contribution >= 4 is 18.0 Å². The van der Waals surface area contributed by atoms with Gasteiger partial charge in [0.05, 0.1) is 6.61 Å². The van der Waals surface area contributed by atoms with Gasteiger partial charge in [-0.05, 0) is 30.7 Å². The van der Waals surface area contributed by atoms with Gasteiger partial charge in [-0.2, -0.15) is 5.26 Å². The van der Waals surface area contributed by atoms with E-state index in [2.05, 4.69) is 0 Å². The van der Waals surface area contributed by atoms with Crippen LogP contribution in [-0.2, 0) is 14.3 Å². The van der Waals surface area contributed by atoms with Crippen molar-refractivity contribution in [2.24, 2.45) is 0 Å². The minimum absolute atomic E-state index is 0.193. The van der Waals surface area contributed by atoms with Gasteiger partial charge in [0.25, 0.3) is 0 Å². The first kappa shape index (κ1) is 15.2. The van der Waals surface area contributed by atoms with Gasteiger partial charge in [0, 0.05) is 0 Å². The fourth-order valence-corrected chi connectivity index (χ4v) is 1.31. The molecule has 0 bridgehead atoms. The van der Waals surface area contributed by atoms with Crippen LogP contribution in [0.5, 0.6) is 5.75 Å². The molecule has 0 aliphatic carbocycles. The summed E-state index contributed by atoms with van der Waals surface area (Å²) in [4.78, 5) is 21.8. The molecular weight excluding hydrogens is 262 g/mol. The molecule has 6 heteroatoms. The molecule has 0 amide bonds. The first-order valence-corrected chi connectivity index (χ1v) is 5.80. The Morgan fingerprint density at radius 2 is 2.00 bits per heavy atom. The maximum Gasteiger partial charge on any atom is 0.346 e. The molecule has 6 nitrogen and oxygen atoms in total. The summed E-state index contributed by atoms with van der Waals surface area (Å²) in [6.45, 7) is 1.80. The topological polar surface area (TPSA) is 96.6 Å². The highest BCUT2D eigenvalue weighted by atomic mass is 16.6. The maximum absolute atomic E-state index is 11.1. The number of benzene rings is 1. The van der Waals surface area contributed by atoms with Crippen LogP contribution >= 0.6 is 0 Å². The first-order chi connectivity index (χ1) is 9.56. The fourth-order valence-electron chi connectivity index (χ4n) is 1.31. The molecule has 0 aliphatic rings. The van der Waals surface area contributed by atoms with Crippen molar-refractivity contribution in [2.45, 2.75) is 6.92 Å². The summed E-state index contributed by atoms with van der Waals surface area (Å²) in [7, 11) is 0. The van der Waals surface area contributed by atoms with Crippen molar-refractivity contribution in [2.75, 3.05) is 13.2 Å². The largest absolute Gasteiger partial charge is 0.482 e. The lowest BCUT2D eigenvalue weighted by Crippen LogP contribution is -2.14. The quantitative estimate of drug-likeness (QED) is 0.481. The molecule has 0 aliphatic heterocycles. The van der Waals surface area contributed by atoms with Gasteiger partial charge in [-0.25, -0.2) is 9.59 Å². The molecule has 1 rings (SSSR count). The lowest BCUT2D eigenvalue weighted by molar-refractivity contribution is -0.145. The Hall–Kier alpha value is -2.81. The number of ether oxygens (including phenoxy) is 2. The van der Waals surface area contributed by atoms with Crippen molar-refractivity contribution in [3.05, 3.63) is 35.4 Å². The van der Waals surface area contributed by atoms with E-state index in [9.17, 15) is 9.59 Å². The van der Waals surface area contributed by atoms with Crippen molar-refractivity contribution in [3.8, 4) is 11.8 Å². The number of esters is 1. The van der Waals surface area contributed by atoms with Crippen LogP contribution in [0.3, 0.4) is 0 Å². The minimum Gasteiger partial charge on any atom is -0.482 e. The Bertz CT molecular complexity index is 554. The van der Waals surface area contributed by atoms with E-state index < -0.39 is 11.9 Å². The summed E-state index contributed by atoms with van der Waals surface area (Å²) >= 11 is 0. The van der Waals surface area contributed by atoms with Crippen LogP contribution < -0.4 is 4.74 Å². The standard InChI is InChI=1S/C14H13NO5/c1-2-19-13(16)9-20-12-5-3-10(4-6-12)7-11(8-15)14(17)18/h3-7H,2,9H2,1H3,(H,17,18). The maximum atomic E-state index is 11.1. The molecule has 1 aromatic carbocycles. The SMILES string of the molecule is CCOC(=O)COc1ccc(C=C(C#N)C(=O)O)cc1. The van der Waals surface area contributed by atoms with Crippen LogP contribution in [0.15, 0.2) is 29.8 Å². The van der Waals surface area contributed by atoms with Gasteiger partial charge in [0.15, 0.2) is 6.61 Å². The average molecular weight is 275 g/mol. The second-order valence-electron chi connectivity index (χ2n) is 3.64. The highest BCUT2D eigenvalue weighted by molar-refractivity contribution is 5.96. The predicted octanol–water partition coefficient (Wildman–Crippen LogP) is 1.62. The van der Waals surface area contributed by atoms with Gasteiger partial charge in [0.2, 0.25) is 0 Å². The predicted molar refractivity (Wildman–Crippen MR) is 69.8 cm³/mol. The Morgan fingerprint density at radius 1 is 1.35 bits per heavy atom. The Kier molecular flexibility index (Phi) is 5.78. The first-order valence-electron chi connectivity index (χ1n) is 5.80. The number of nitriles is 1. The zero-order valence-corrected chi connectivity index (χ0v) is 10.8. The van der Waals surface area contributed by atoms with Crippen molar-refractivity contribution in [3.63, 3.8) is 0 Å². The molecule has 104 valence electrons. The van der Waals surface area contributed by atoms with Crippen molar-refractivity contribution in [1.29, 1.82) is 5.26 Å². The van der Waals surface area contributed by atoms with Crippen LogP contribution in [0.25, 0.3) is 6.08 Å². The number of hydrogen-bond donors (Lipinski definition) is 1. The third-order valence-electron chi connectivity index (χ3n) is 2.20. The Labute approximate surface area is 115 Å². The van der Waals surface area contributed by atoms with Gasteiger partial charge in [0.1, 0.15) is 17.4 Å².